The van der Waals surface area contributed by atoms with E-state index in [4.69, 9.17) is 0 Å². The lowest BCUT2D eigenvalue weighted by molar-refractivity contribution is -0.376. The van der Waals surface area contributed by atoms with Gasteiger partial charge in [-0.2, -0.15) is 26.3 Å². The molecule has 4 aromatic rings. The molecular formula is C23H17F6NO. The maximum atomic E-state index is 13.2. The topological polar surface area (TPSA) is 25.2 Å². The molecule has 0 bridgehead atoms. The summed E-state index contributed by atoms with van der Waals surface area (Å²) in [6.45, 7) is 2.11. The highest BCUT2D eigenvalue weighted by Gasteiger charge is 2.71. The SMILES string of the molecule is Cc1cc2cc(C(O)(C(F)(F)F)C(F)(F)F)ccc2n1Cc1ccc2ccccc2c1. The number of aliphatic hydroxyl groups is 1. The van der Waals surface area contributed by atoms with Crippen LogP contribution in [0.4, 0.5) is 26.3 Å². The summed E-state index contributed by atoms with van der Waals surface area (Å²) in [4.78, 5) is 0. The number of benzene rings is 3. The van der Waals surface area contributed by atoms with Gasteiger partial charge in [0.05, 0.1) is 0 Å². The molecule has 0 aliphatic heterocycles. The Morgan fingerprint density at radius 2 is 1.39 bits per heavy atom. The fraction of sp³-hybridized carbons (Fsp3) is 0.217. The van der Waals surface area contributed by atoms with Gasteiger partial charge in [0, 0.05) is 28.7 Å². The van der Waals surface area contributed by atoms with Gasteiger partial charge in [-0.25, -0.2) is 0 Å². The van der Waals surface area contributed by atoms with Gasteiger partial charge in [0.2, 0.25) is 0 Å². The Kier molecular flexibility index (Phi) is 4.81. The van der Waals surface area contributed by atoms with E-state index in [2.05, 4.69) is 0 Å². The van der Waals surface area contributed by atoms with Crippen LogP contribution in [0.1, 0.15) is 16.8 Å². The number of nitrogens with zero attached hydrogens (tertiary/aromatic N) is 1. The monoisotopic (exact) mass is 437 g/mol. The highest BCUT2D eigenvalue weighted by atomic mass is 19.4. The van der Waals surface area contributed by atoms with Crippen LogP contribution < -0.4 is 0 Å². The van der Waals surface area contributed by atoms with Crippen LogP contribution in [0, 0.1) is 6.92 Å². The van der Waals surface area contributed by atoms with Gasteiger partial charge in [0.25, 0.3) is 5.60 Å². The highest BCUT2D eigenvalue weighted by molar-refractivity contribution is 5.84. The summed E-state index contributed by atoms with van der Waals surface area (Å²) in [6, 6.07) is 17.7. The zero-order chi connectivity index (χ0) is 22.6. The number of hydrogen-bond donors (Lipinski definition) is 1. The predicted octanol–water partition coefficient (Wildman–Crippen LogP) is 6.46. The standard InChI is InChI=1S/C23H17F6NO/c1-14-10-18-12-19(21(31,22(24,25)26)23(27,28)29)8-9-20(18)30(14)13-15-6-7-16-4-2-3-5-17(16)11-15/h2-12,31H,13H2,1H3. The third-order valence-electron chi connectivity index (χ3n) is 5.50. The Morgan fingerprint density at radius 1 is 0.742 bits per heavy atom. The highest BCUT2D eigenvalue weighted by Crippen LogP contribution is 2.50. The average Bonchev–Trinajstić information content (AvgIpc) is 3.00. The molecule has 1 N–H and O–H groups in total. The zero-order valence-electron chi connectivity index (χ0n) is 16.2. The molecule has 0 aliphatic rings. The number of hydrogen-bond acceptors (Lipinski definition) is 1. The molecule has 1 aromatic heterocycles. The molecule has 0 saturated heterocycles. The van der Waals surface area contributed by atoms with Gasteiger partial charge in [-0.3, -0.25) is 0 Å². The smallest absolute Gasteiger partial charge is 0.369 e. The fourth-order valence-corrected chi connectivity index (χ4v) is 3.85. The van der Waals surface area contributed by atoms with Crippen molar-refractivity contribution >= 4 is 21.7 Å². The molecule has 0 atom stereocenters. The molecule has 0 saturated carbocycles. The van der Waals surface area contributed by atoms with Crippen molar-refractivity contribution in [2.45, 2.75) is 31.4 Å². The molecule has 162 valence electrons. The Morgan fingerprint density at radius 3 is 2.03 bits per heavy atom. The second-order valence-electron chi connectivity index (χ2n) is 7.53. The Labute approximate surface area is 173 Å². The number of fused-ring (bicyclic) bond motifs is 2. The lowest BCUT2D eigenvalue weighted by atomic mass is 9.91. The largest absolute Gasteiger partial charge is 0.430 e. The van der Waals surface area contributed by atoms with Crippen molar-refractivity contribution in [3.63, 3.8) is 0 Å². The zero-order valence-corrected chi connectivity index (χ0v) is 16.2. The molecule has 4 rings (SSSR count). The van der Waals surface area contributed by atoms with Crippen molar-refractivity contribution in [1.82, 2.24) is 4.57 Å². The van der Waals surface area contributed by atoms with Crippen molar-refractivity contribution < 1.29 is 31.4 Å². The minimum absolute atomic E-state index is 0.183. The minimum atomic E-state index is -5.92. The van der Waals surface area contributed by atoms with Gasteiger partial charge in [-0.05, 0) is 47.5 Å². The minimum Gasteiger partial charge on any atom is -0.369 e. The maximum Gasteiger partial charge on any atom is 0.430 e. The van der Waals surface area contributed by atoms with Crippen molar-refractivity contribution in [2.75, 3.05) is 0 Å². The van der Waals surface area contributed by atoms with E-state index >= 15 is 0 Å². The molecule has 3 aromatic carbocycles. The second-order valence-corrected chi connectivity index (χ2v) is 7.53. The van der Waals surface area contributed by atoms with Gasteiger partial charge < -0.3 is 9.67 Å². The lowest BCUT2D eigenvalue weighted by Crippen LogP contribution is -2.53. The van der Waals surface area contributed by atoms with Crippen LogP contribution >= 0.6 is 0 Å². The molecule has 31 heavy (non-hydrogen) atoms. The molecule has 1 heterocycles. The van der Waals surface area contributed by atoms with Crippen LogP contribution in [0.15, 0.2) is 66.7 Å². The van der Waals surface area contributed by atoms with E-state index in [1.807, 2.05) is 47.0 Å². The summed E-state index contributed by atoms with van der Waals surface area (Å²) in [5, 5.41) is 11.9. The molecule has 2 nitrogen and oxygen atoms in total. The molecule has 0 spiro atoms. The van der Waals surface area contributed by atoms with Crippen LogP contribution in [0.25, 0.3) is 21.7 Å². The van der Waals surface area contributed by atoms with E-state index < -0.39 is 23.5 Å². The number of alkyl halides is 6. The molecular weight excluding hydrogens is 420 g/mol. The van der Waals surface area contributed by atoms with Crippen molar-refractivity contribution in [1.29, 1.82) is 0 Å². The Hall–Kier alpha value is -3.00. The maximum absolute atomic E-state index is 13.2. The summed E-state index contributed by atoms with van der Waals surface area (Å²) in [5.74, 6) is 0. The molecule has 0 unspecified atom stereocenters. The van der Waals surface area contributed by atoms with E-state index in [1.54, 1.807) is 6.92 Å². The molecule has 0 aliphatic carbocycles. The van der Waals surface area contributed by atoms with Crippen molar-refractivity contribution in [3.05, 3.63) is 83.6 Å². The van der Waals surface area contributed by atoms with E-state index in [1.165, 1.54) is 12.1 Å². The van der Waals surface area contributed by atoms with Gasteiger partial charge in [-0.15, -0.1) is 0 Å². The normalized spacial score (nSPS) is 13.3. The van der Waals surface area contributed by atoms with Crippen LogP contribution in [-0.2, 0) is 12.1 Å². The first kappa shape index (κ1) is 21.2. The Balaban J connectivity index is 1.78. The average molecular weight is 437 g/mol. The quantitative estimate of drug-likeness (QED) is 0.366. The van der Waals surface area contributed by atoms with Crippen molar-refractivity contribution in [3.8, 4) is 0 Å². The number of aryl methyl sites for hydroxylation is 1. The van der Waals surface area contributed by atoms with E-state index in [0.717, 1.165) is 22.4 Å². The van der Waals surface area contributed by atoms with E-state index in [0.29, 0.717) is 23.8 Å². The van der Waals surface area contributed by atoms with Crippen LogP contribution in [0.5, 0.6) is 0 Å². The summed E-state index contributed by atoms with van der Waals surface area (Å²) in [6.07, 6.45) is -11.8. The number of aromatic nitrogens is 1. The third-order valence-corrected chi connectivity index (χ3v) is 5.50. The van der Waals surface area contributed by atoms with E-state index in [-0.39, 0.29) is 5.39 Å². The fourth-order valence-electron chi connectivity index (χ4n) is 3.85. The summed E-state index contributed by atoms with van der Waals surface area (Å²) >= 11 is 0. The third kappa shape index (κ3) is 3.44. The first-order valence-corrected chi connectivity index (χ1v) is 9.36. The summed E-state index contributed by atoms with van der Waals surface area (Å²) < 4.78 is 81.1. The predicted molar refractivity (Wildman–Crippen MR) is 106 cm³/mol. The van der Waals surface area contributed by atoms with Gasteiger partial charge in [0.1, 0.15) is 0 Å². The first-order valence-electron chi connectivity index (χ1n) is 9.36. The van der Waals surface area contributed by atoms with Gasteiger partial charge >= 0.3 is 12.4 Å². The van der Waals surface area contributed by atoms with Crippen LogP contribution in [0.3, 0.4) is 0 Å². The van der Waals surface area contributed by atoms with Gasteiger partial charge in [-0.1, -0.05) is 42.5 Å². The summed E-state index contributed by atoms with van der Waals surface area (Å²) in [7, 11) is 0. The molecule has 0 fully saturated rings. The number of rotatable bonds is 3. The Bertz CT molecular complexity index is 1250. The van der Waals surface area contributed by atoms with Crippen LogP contribution in [-0.4, -0.2) is 22.0 Å². The first-order chi connectivity index (χ1) is 14.4. The second kappa shape index (κ2) is 7.02. The van der Waals surface area contributed by atoms with Crippen LogP contribution in [0.2, 0.25) is 0 Å². The van der Waals surface area contributed by atoms with E-state index in [9.17, 15) is 31.4 Å². The molecule has 8 heteroatoms. The van der Waals surface area contributed by atoms with Crippen molar-refractivity contribution in [2.24, 2.45) is 0 Å². The number of halogens is 6. The van der Waals surface area contributed by atoms with Gasteiger partial charge in [0.15, 0.2) is 0 Å². The molecule has 0 radical (unpaired) electrons. The lowest BCUT2D eigenvalue weighted by Gasteiger charge is -2.32. The molecule has 0 amide bonds. The summed E-state index contributed by atoms with van der Waals surface area (Å²) in [5.41, 5.74) is -4.12.